The molecule has 0 aliphatic carbocycles. The summed E-state index contributed by atoms with van der Waals surface area (Å²) in [6.45, 7) is 6.09. The highest BCUT2D eigenvalue weighted by Gasteiger charge is 2.15. The van der Waals surface area contributed by atoms with Crippen LogP contribution in [0.1, 0.15) is 36.2 Å². The number of carboxylic acids is 1. The molecule has 1 N–H and O–H groups in total. The molecule has 4 heteroatoms. The highest BCUT2D eigenvalue weighted by molar-refractivity contribution is 7.99. The first-order chi connectivity index (χ1) is 7.56. The van der Waals surface area contributed by atoms with E-state index in [0.29, 0.717) is 16.5 Å². The van der Waals surface area contributed by atoms with E-state index in [1.165, 1.54) is 11.8 Å². The Bertz CT molecular complexity index is 379. The van der Waals surface area contributed by atoms with E-state index in [9.17, 15) is 4.79 Å². The fourth-order valence-corrected chi connectivity index (χ4v) is 2.45. The van der Waals surface area contributed by atoms with Crippen molar-refractivity contribution in [3.8, 4) is 0 Å². The highest BCUT2D eigenvalue weighted by atomic mass is 32.2. The fraction of sp³-hybridized carbons (Fsp3) is 0.500. The van der Waals surface area contributed by atoms with Crippen LogP contribution in [0.15, 0.2) is 17.3 Å². The molecule has 16 heavy (non-hydrogen) atoms. The maximum absolute atomic E-state index is 11.1. The van der Waals surface area contributed by atoms with Gasteiger partial charge in [-0.3, -0.25) is 0 Å². The molecule has 0 spiro atoms. The van der Waals surface area contributed by atoms with Gasteiger partial charge in [0.1, 0.15) is 5.03 Å². The van der Waals surface area contributed by atoms with Crippen molar-refractivity contribution in [3.05, 3.63) is 23.4 Å². The van der Waals surface area contributed by atoms with Gasteiger partial charge in [0.05, 0.1) is 5.56 Å². The normalized spacial score (nSPS) is 12.4. The number of aryl methyl sites for hydroxylation is 1. The Kier molecular flexibility index (Phi) is 4.80. The largest absolute Gasteiger partial charge is 0.478 e. The molecule has 1 aromatic heterocycles. The van der Waals surface area contributed by atoms with Gasteiger partial charge in [0.15, 0.2) is 0 Å². The van der Waals surface area contributed by atoms with E-state index in [-0.39, 0.29) is 0 Å². The summed E-state index contributed by atoms with van der Waals surface area (Å²) < 4.78 is 0. The Hall–Kier alpha value is -1.03. The van der Waals surface area contributed by atoms with Crippen molar-refractivity contribution in [2.75, 3.05) is 5.75 Å². The average Bonchev–Trinajstić information content (AvgIpc) is 2.25. The molecule has 0 saturated carbocycles. The Labute approximate surface area is 100 Å². The van der Waals surface area contributed by atoms with Crippen LogP contribution in [0.25, 0.3) is 0 Å². The zero-order chi connectivity index (χ0) is 12.1. The van der Waals surface area contributed by atoms with Gasteiger partial charge in [0.25, 0.3) is 0 Å². The Morgan fingerprint density at radius 2 is 2.31 bits per heavy atom. The summed E-state index contributed by atoms with van der Waals surface area (Å²) in [5.74, 6) is 0.596. The number of thioether (sulfide) groups is 1. The summed E-state index contributed by atoms with van der Waals surface area (Å²) >= 11 is 1.53. The van der Waals surface area contributed by atoms with E-state index in [4.69, 9.17) is 5.11 Å². The smallest absolute Gasteiger partial charge is 0.338 e. The lowest BCUT2D eigenvalue weighted by atomic mass is 10.2. The zero-order valence-corrected chi connectivity index (χ0v) is 10.7. The maximum Gasteiger partial charge on any atom is 0.338 e. The van der Waals surface area contributed by atoms with Crippen molar-refractivity contribution in [2.24, 2.45) is 5.92 Å². The number of hydrogen-bond donors (Lipinski definition) is 1. The van der Waals surface area contributed by atoms with Crippen LogP contribution in [0.2, 0.25) is 0 Å². The molecule has 1 atom stereocenters. The monoisotopic (exact) mass is 239 g/mol. The lowest BCUT2D eigenvalue weighted by molar-refractivity contribution is 0.0691. The number of nitrogens with zero attached hydrogens (tertiary/aromatic N) is 1. The van der Waals surface area contributed by atoms with Crippen molar-refractivity contribution in [1.29, 1.82) is 0 Å². The van der Waals surface area contributed by atoms with Crippen molar-refractivity contribution < 1.29 is 9.90 Å². The summed E-state index contributed by atoms with van der Waals surface area (Å²) in [7, 11) is 0. The molecule has 0 aromatic carbocycles. The molecular formula is C12H17NO2S. The minimum absolute atomic E-state index is 0.343. The van der Waals surface area contributed by atoms with Crippen LogP contribution in [0, 0.1) is 12.8 Å². The van der Waals surface area contributed by atoms with E-state index in [2.05, 4.69) is 18.8 Å². The molecule has 0 amide bonds. The topological polar surface area (TPSA) is 50.2 Å². The van der Waals surface area contributed by atoms with E-state index < -0.39 is 5.97 Å². The molecule has 3 nitrogen and oxygen atoms in total. The molecule has 0 bridgehead atoms. The molecule has 0 radical (unpaired) electrons. The summed E-state index contributed by atoms with van der Waals surface area (Å²) in [6.07, 6.45) is 2.77. The van der Waals surface area contributed by atoms with Gasteiger partial charge < -0.3 is 5.11 Å². The number of pyridine rings is 1. The maximum atomic E-state index is 11.1. The third-order valence-corrected chi connectivity index (χ3v) is 3.86. The van der Waals surface area contributed by atoms with Gasteiger partial charge in [-0.1, -0.05) is 20.3 Å². The molecule has 0 saturated heterocycles. The van der Waals surface area contributed by atoms with Gasteiger partial charge >= 0.3 is 5.97 Å². The van der Waals surface area contributed by atoms with Crippen molar-refractivity contribution in [2.45, 2.75) is 32.2 Å². The molecule has 0 aliphatic heterocycles. The van der Waals surface area contributed by atoms with Gasteiger partial charge in [0.2, 0.25) is 0 Å². The Morgan fingerprint density at radius 3 is 2.88 bits per heavy atom. The predicted molar refractivity (Wildman–Crippen MR) is 66.1 cm³/mol. The second kappa shape index (κ2) is 5.89. The van der Waals surface area contributed by atoms with Gasteiger partial charge in [0, 0.05) is 11.9 Å². The Balaban J connectivity index is 2.87. The van der Waals surface area contributed by atoms with Gasteiger partial charge in [-0.2, -0.15) is 0 Å². The summed E-state index contributed by atoms with van der Waals surface area (Å²) in [4.78, 5) is 15.3. The molecule has 1 unspecified atom stereocenters. The van der Waals surface area contributed by atoms with E-state index in [1.807, 2.05) is 0 Å². The van der Waals surface area contributed by atoms with Gasteiger partial charge in [-0.15, -0.1) is 11.8 Å². The van der Waals surface area contributed by atoms with Crippen LogP contribution in [0.4, 0.5) is 0 Å². The van der Waals surface area contributed by atoms with Crippen molar-refractivity contribution in [3.63, 3.8) is 0 Å². The standard InChI is InChI=1S/C12H17NO2S/c1-4-8(2)7-16-11-10(12(14)15)9(3)5-6-13-11/h5-6,8H,4,7H2,1-3H3,(H,14,15). The molecule has 0 aliphatic rings. The van der Waals surface area contributed by atoms with Gasteiger partial charge in [-0.05, 0) is 24.5 Å². The summed E-state index contributed by atoms with van der Waals surface area (Å²) in [6, 6.07) is 1.73. The van der Waals surface area contributed by atoms with Crippen LogP contribution in [-0.2, 0) is 0 Å². The summed E-state index contributed by atoms with van der Waals surface area (Å²) in [5.41, 5.74) is 1.12. The fourth-order valence-electron chi connectivity index (χ4n) is 1.24. The van der Waals surface area contributed by atoms with Crippen LogP contribution in [0.3, 0.4) is 0 Å². The SMILES string of the molecule is CCC(C)CSc1nccc(C)c1C(=O)O. The van der Waals surface area contributed by atoms with Crippen molar-refractivity contribution >= 4 is 17.7 Å². The van der Waals surface area contributed by atoms with E-state index >= 15 is 0 Å². The number of carbonyl (C=O) groups is 1. The first-order valence-electron chi connectivity index (χ1n) is 5.38. The molecule has 1 aromatic rings. The van der Waals surface area contributed by atoms with E-state index in [1.54, 1.807) is 19.2 Å². The molecule has 88 valence electrons. The number of aromatic nitrogens is 1. The van der Waals surface area contributed by atoms with E-state index in [0.717, 1.165) is 17.7 Å². The molecule has 1 heterocycles. The number of carboxylic acid groups (broad SMARTS) is 1. The Morgan fingerprint density at radius 1 is 1.62 bits per heavy atom. The number of hydrogen-bond acceptors (Lipinski definition) is 3. The highest BCUT2D eigenvalue weighted by Crippen LogP contribution is 2.25. The number of rotatable bonds is 5. The molecular weight excluding hydrogens is 222 g/mol. The minimum atomic E-state index is -0.891. The third kappa shape index (κ3) is 3.23. The zero-order valence-electron chi connectivity index (χ0n) is 9.86. The molecule has 0 fully saturated rings. The number of aromatic carboxylic acids is 1. The van der Waals surface area contributed by atoms with Crippen LogP contribution in [0.5, 0.6) is 0 Å². The minimum Gasteiger partial charge on any atom is -0.478 e. The average molecular weight is 239 g/mol. The van der Waals surface area contributed by atoms with Gasteiger partial charge in [-0.25, -0.2) is 9.78 Å². The summed E-state index contributed by atoms with van der Waals surface area (Å²) in [5, 5.41) is 9.75. The van der Waals surface area contributed by atoms with Crippen LogP contribution >= 0.6 is 11.8 Å². The quantitative estimate of drug-likeness (QED) is 0.801. The first-order valence-corrected chi connectivity index (χ1v) is 6.36. The third-order valence-electron chi connectivity index (χ3n) is 2.54. The second-order valence-corrected chi connectivity index (χ2v) is 4.95. The van der Waals surface area contributed by atoms with Crippen LogP contribution in [-0.4, -0.2) is 21.8 Å². The lowest BCUT2D eigenvalue weighted by Crippen LogP contribution is -2.05. The lowest BCUT2D eigenvalue weighted by Gasteiger charge is -2.10. The first kappa shape index (κ1) is 13.0. The predicted octanol–water partition coefficient (Wildman–Crippen LogP) is 3.23. The molecule has 1 rings (SSSR count). The second-order valence-electron chi connectivity index (χ2n) is 3.94. The van der Waals surface area contributed by atoms with Crippen molar-refractivity contribution in [1.82, 2.24) is 4.98 Å². The van der Waals surface area contributed by atoms with Crippen LogP contribution < -0.4 is 0 Å².